The monoisotopic (exact) mass is 401 g/mol. The standard InChI is InChI=1S/C22H31N3O4/c1-22(2,3)29-21(26)24-12-10-16(11-13-24)17-8-9-20(25(27)28)18(14-17)15-23-19-6-4-5-7-19/h8-10,14,19,23H,4-7,11-13,15H2,1-3H3. The van der Waals surface area contributed by atoms with E-state index in [9.17, 15) is 14.9 Å². The zero-order valence-corrected chi connectivity index (χ0v) is 17.6. The van der Waals surface area contributed by atoms with Crippen LogP contribution in [0.15, 0.2) is 24.3 Å². The number of rotatable bonds is 5. The Morgan fingerprint density at radius 2 is 2.03 bits per heavy atom. The fraction of sp³-hybridized carbons (Fsp3) is 0.591. The molecule has 7 heteroatoms. The number of nitrogens with one attached hydrogen (secondary N) is 1. The molecule has 0 atom stereocenters. The van der Waals surface area contributed by atoms with Crippen molar-refractivity contribution < 1.29 is 14.5 Å². The first-order valence-corrected chi connectivity index (χ1v) is 10.4. The van der Waals surface area contributed by atoms with E-state index in [0.717, 1.165) is 29.5 Å². The number of carbonyl (C=O) groups excluding carboxylic acids is 1. The van der Waals surface area contributed by atoms with Crippen LogP contribution >= 0.6 is 0 Å². The highest BCUT2D eigenvalue weighted by Gasteiger charge is 2.25. The van der Waals surface area contributed by atoms with Gasteiger partial charge in [-0.2, -0.15) is 0 Å². The molecule has 7 nitrogen and oxygen atoms in total. The van der Waals surface area contributed by atoms with E-state index < -0.39 is 5.60 Å². The van der Waals surface area contributed by atoms with Crippen molar-refractivity contribution in [1.29, 1.82) is 0 Å². The van der Waals surface area contributed by atoms with Crippen molar-refractivity contribution in [2.45, 2.75) is 71.1 Å². The van der Waals surface area contributed by atoms with Gasteiger partial charge in [-0.05, 0) is 63.3 Å². The summed E-state index contributed by atoms with van der Waals surface area (Å²) >= 11 is 0. The molecule has 0 aromatic heterocycles. The Balaban J connectivity index is 1.70. The normalized spacial score (nSPS) is 17.9. The van der Waals surface area contributed by atoms with Crippen molar-refractivity contribution in [3.8, 4) is 0 Å². The molecule has 1 heterocycles. The molecule has 0 radical (unpaired) electrons. The molecule has 1 N–H and O–H groups in total. The van der Waals surface area contributed by atoms with Crippen LogP contribution in [0.1, 0.15) is 64.0 Å². The Bertz CT molecular complexity index is 792. The molecule has 0 spiro atoms. The second-order valence-corrected chi connectivity index (χ2v) is 8.87. The molecule has 1 aromatic rings. The summed E-state index contributed by atoms with van der Waals surface area (Å²) in [4.78, 5) is 25.0. The maximum atomic E-state index is 12.2. The molecule has 0 unspecified atom stereocenters. The SMILES string of the molecule is CC(C)(C)OC(=O)N1CC=C(c2ccc([N+](=O)[O-])c(CNC3CCCC3)c2)CC1. The minimum atomic E-state index is -0.513. The van der Waals surface area contributed by atoms with Crippen LogP contribution in [0.4, 0.5) is 10.5 Å². The highest BCUT2D eigenvalue weighted by Crippen LogP contribution is 2.29. The second-order valence-electron chi connectivity index (χ2n) is 8.87. The predicted octanol–water partition coefficient (Wildman–Crippen LogP) is 4.65. The minimum absolute atomic E-state index is 0.158. The van der Waals surface area contributed by atoms with Crippen LogP contribution in [-0.2, 0) is 11.3 Å². The van der Waals surface area contributed by atoms with Crippen LogP contribution in [0.5, 0.6) is 0 Å². The van der Waals surface area contributed by atoms with E-state index in [1.54, 1.807) is 11.0 Å². The number of nitro groups is 1. The summed E-state index contributed by atoms with van der Waals surface area (Å²) in [7, 11) is 0. The Morgan fingerprint density at radius 1 is 1.31 bits per heavy atom. The molecular formula is C22H31N3O4. The van der Waals surface area contributed by atoms with E-state index in [2.05, 4.69) is 5.32 Å². The molecular weight excluding hydrogens is 370 g/mol. The topological polar surface area (TPSA) is 84.7 Å². The van der Waals surface area contributed by atoms with Gasteiger partial charge in [-0.3, -0.25) is 10.1 Å². The molecule has 1 fully saturated rings. The quantitative estimate of drug-likeness (QED) is 0.573. The lowest BCUT2D eigenvalue weighted by Gasteiger charge is -2.29. The fourth-order valence-electron chi connectivity index (χ4n) is 3.91. The smallest absolute Gasteiger partial charge is 0.410 e. The van der Waals surface area contributed by atoms with E-state index in [-0.39, 0.29) is 16.7 Å². The van der Waals surface area contributed by atoms with Crippen molar-refractivity contribution in [2.24, 2.45) is 0 Å². The van der Waals surface area contributed by atoms with Crippen LogP contribution in [-0.4, -0.2) is 40.6 Å². The lowest BCUT2D eigenvalue weighted by molar-refractivity contribution is -0.385. The molecule has 2 aliphatic rings. The molecule has 158 valence electrons. The van der Waals surface area contributed by atoms with Gasteiger partial charge >= 0.3 is 6.09 Å². The zero-order chi connectivity index (χ0) is 21.0. The van der Waals surface area contributed by atoms with Gasteiger partial charge in [-0.25, -0.2) is 4.79 Å². The largest absolute Gasteiger partial charge is 0.444 e. The van der Waals surface area contributed by atoms with Gasteiger partial charge in [0, 0.05) is 37.3 Å². The van der Waals surface area contributed by atoms with Gasteiger partial charge in [0.05, 0.1) is 4.92 Å². The Morgan fingerprint density at radius 3 is 2.62 bits per heavy atom. The summed E-state index contributed by atoms with van der Waals surface area (Å²) in [6, 6.07) is 5.79. The summed E-state index contributed by atoms with van der Waals surface area (Å²) in [5.41, 5.74) is 2.46. The average Bonchev–Trinajstić information content (AvgIpc) is 3.18. The van der Waals surface area contributed by atoms with Crippen molar-refractivity contribution in [1.82, 2.24) is 10.2 Å². The molecule has 1 amide bonds. The molecule has 1 aliphatic carbocycles. The Hall–Kier alpha value is -2.41. The number of nitro benzene ring substituents is 1. The van der Waals surface area contributed by atoms with Crippen molar-refractivity contribution in [3.63, 3.8) is 0 Å². The molecule has 0 saturated heterocycles. The highest BCUT2D eigenvalue weighted by molar-refractivity contribution is 5.73. The maximum absolute atomic E-state index is 12.2. The third-order valence-electron chi connectivity index (χ3n) is 5.44. The molecule has 29 heavy (non-hydrogen) atoms. The number of hydrogen-bond donors (Lipinski definition) is 1. The first-order valence-electron chi connectivity index (χ1n) is 10.4. The first-order chi connectivity index (χ1) is 13.7. The maximum Gasteiger partial charge on any atom is 0.410 e. The van der Waals surface area contributed by atoms with Crippen LogP contribution in [0.3, 0.4) is 0 Å². The van der Waals surface area contributed by atoms with Crippen LogP contribution in [0, 0.1) is 10.1 Å². The number of hydrogen-bond acceptors (Lipinski definition) is 5. The molecule has 3 rings (SSSR count). The van der Waals surface area contributed by atoms with E-state index in [0.29, 0.717) is 32.1 Å². The first kappa shape index (κ1) is 21.3. The van der Waals surface area contributed by atoms with E-state index in [4.69, 9.17) is 4.74 Å². The summed E-state index contributed by atoms with van der Waals surface area (Å²) < 4.78 is 5.43. The Labute approximate surface area is 172 Å². The molecule has 0 bridgehead atoms. The number of benzene rings is 1. The fourth-order valence-corrected chi connectivity index (χ4v) is 3.91. The second kappa shape index (κ2) is 8.95. The summed E-state index contributed by atoms with van der Waals surface area (Å²) in [6.07, 6.45) is 7.13. The van der Waals surface area contributed by atoms with Crippen molar-refractivity contribution in [3.05, 3.63) is 45.5 Å². The zero-order valence-electron chi connectivity index (χ0n) is 17.6. The minimum Gasteiger partial charge on any atom is -0.444 e. The van der Waals surface area contributed by atoms with Gasteiger partial charge in [-0.15, -0.1) is 0 Å². The van der Waals surface area contributed by atoms with Gasteiger partial charge in [-0.1, -0.05) is 18.9 Å². The number of amides is 1. The highest BCUT2D eigenvalue weighted by atomic mass is 16.6. The van der Waals surface area contributed by atoms with Crippen LogP contribution in [0.2, 0.25) is 0 Å². The van der Waals surface area contributed by atoms with E-state index >= 15 is 0 Å². The van der Waals surface area contributed by atoms with Gasteiger partial charge in [0.25, 0.3) is 5.69 Å². The van der Waals surface area contributed by atoms with Gasteiger partial charge in [0.15, 0.2) is 0 Å². The van der Waals surface area contributed by atoms with Crippen molar-refractivity contribution >= 4 is 17.4 Å². The molecule has 1 aromatic carbocycles. The van der Waals surface area contributed by atoms with Gasteiger partial charge < -0.3 is 15.0 Å². The number of ether oxygens (including phenoxy) is 1. The third-order valence-corrected chi connectivity index (χ3v) is 5.44. The summed E-state index contributed by atoms with van der Waals surface area (Å²) in [6.45, 7) is 7.13. The molecule has 1 aliphatic heterocycles. The number of nitrogens with zero attached hydrogens (tertiary/aromatic N) is 2. The summed E-state index contributed by atoms with van der Waals surface area (Å²) in [5.74, 6) is 0. The van der Waals surface area contributed by atoms with Crippen LogP contribution < -0.4 is 5.32 Å². The Kier molecular flexibility index (Phi) is 6.57. The number of carbonyl (C=O) groups is 1. The lowest BCUT2D eigenvalue weighted by atomic mass is 9.97. The molecule has 1 saturated carbocycles. The average molecular weight is 402 g/mol. The van der Waals surface area contributed by atoms with E-state index in [1.807, 2.05) is 39.0 Å². The van der Waals surface area contributed by atoms with Crippen molar-refractivity contribution in [2.75, 3.05) is 13.1 Å². The van der Waals surface area contributed by atoms with Crippen LogP contribution in [0.25, 0.3) is 5.57 Å². The third kappa shape index (κ3) is 5.79. The van der Waals surface area contributed by atoms with Gasteiger partial charge in [0.1, 0.15) is 5.60 Å². The summed E-state index contributed by atoms with van der Waals surface area (Å²) in [5, 5.41) is 14.9. The lowest BCUT2D eigenvalue weighted by Crippen LogP contribution is -2.39. The van der Waals surface area contributed by atoms with Gasteiger partial charge in [0.2, 0.25) is 0 Å². The van der Waals surface area contributed by atoms with E-state index in [1.165, 1.54) is 12.8 Å². The predicted molar refractivity (Wildman–Crippen MR) is 113 cm³/mol.